The van der Waals surface area contributed by atoms with Crippen LogP contribution in [-0.2, 0) is 12.8 Å². The van der Waals surface area contributed by atoms with Crippen molar-refractivity contribution in [3.8, 4) is 11.5 Å². The molecule has 2 aliphatic heterocycles. The summed E-state index contributed by atoms with van der Waals surface area (Å²) in [4.78, 5) is 0. The standard InChI is InChI=1S/C25H23FO2/c26-19-6-3-5-17(16-19)15-18-10-11-23(25-20(18)8-4-13-28-25)21-12-14-27-24-9-2-1-7-22(21)24/h1-3,5-7,9-11,16,21H,4,8,12-15H2. The van der Waals surface area contributed by atoms with Gasteiger partial charge in [0, 0.05) is 17.0 Å². The average molecular weight is 374 g/mol. The van der Waals surface area contributed by atoms with Crippen LogP contribution in [0.25, 0.3) is 0 Å². The van der Waals surface area contributed by atoms with Crippen molar-refractivity contribution in [2.45, 2.75) is 31.6 Å². The zero-order valence-electron chi connectivity index (χ0n) is 15.8. The molecule has 3 aromatic rings. The van der Waals surface area contributed by atoms with E-state index >= 15 is 0 Å². The lowest BCUT2D eigenvalue weighted by atomic mass is 9.82. The highest BCUT2D eigenvalue weighted by molar-refractivity contribution is 5.55. The van der Waals surface area contributed by atoms with Crippen LogP contribution in [0.1, 0.15) is 46.6 Å². The van der Waals surface area contributed by atoms with Crippen molar-refractivity contribution in [2.24, 2.45) is 0 Å². The topological polar surface area (TPSA) is 18.5 Å². The molecule has 28 heavy (non-hydrogen) atoms. The fourth-order valence-corrected chi connectivity index (χ4v) is 4.53. The second kappa shape index (κ2) is 7.31. The summed E-state index contributed by atoms with van der Waals surface area (Å²) >= 11 is 0. The van der Waals surface area contributed by atoms with Gasteiger partial charge in [-0.3, -0.25) is 0 Å². The van der Waals surface area contributed by atoms with Crippen LogP contribution in [0.3, 0.4) is 0 Å². The van der Waals surface area contributed by atoms with Gasteiger partial charge in [-0.15, -0.1) is 0 Å². The maximum absolute atomic E-state index is 13.6. The Kier molecular flexibility index (Phi) is 4.52. The Morgan fingerprint density at radius 3 is 2.75 bits per heavy atom. The van der Waals surface area contributed by atoms with Crippen molar-refractivity contribution in [3.05, 3.63) is 94.3 Å². The van der Waals surface area contributed by atoms with E-state index in [1.165, 1.54) is 28.3 Å². The summed E-state index contributed by atoms with van der Waals surface area (Å²) in [5, 5.41) is 0. The van der Waals surface area contributed by atoms with Crippen LogP contribution in [0, 0.1) is 5.82 Å². The van der Waals surface area contributed by atoms with Gasteiger partial charge >= 0.3 is 0 Å². The second-order valence-corrected chi connectivity index (χ2v) is 7.61. The molecule has 3 aromatic carbocycles. The summed E-state index contributed by atoms with van der Waals surface area (Å²) in [5.74, 6) is 2.13. The minimum Gasteiger partial charge on any atom is -0.493 e. The number of halogens is 1. The molecule has 0 bridgehead atoms. The van der Waals surface area contributed by atoms with Gasteiger partial charge in [-0.25, -0.2) is 4.39 Å². The zero-order chi connectivity index (χ0) is 18.9. The first kappa shape index (κ1) is 17.3. The van der Waals surface area contributed by atoms with E-state index < -0.39 is 0 Å². The lowest BCUT2D eigenvalue weighted by Gasteiger charge is -2.30. The fraction of sp³-hybridized carbons (Fsp3) is 0.280. The van der Waals surface area contributed by atoms with Gasteiger partial charge in [0.2, 0.25) is 0 Å². The Morgan fingerprint density at radius 1 is 0.893 bits per heavy atom. The van der Waals surface area contributed by atoms with Crippen molar-refractivity contribution >= 4 is 0 Å². The van der Waals surface area contributed by atoms with E-state index in [1.807, 2.05) is 18.2 Å². The molecule has 0 N–H and O–H groups in total. The molecule has 0 aliphatic carbocycles. The highest BCUT2D eigenvalue weighted by atomic mass is 19.1. The Bertz CT molecular complexity index is 1010. The van der Waals surface area contributed by atoms with Crippen LogP contribution in [0.4, 0.5) is 4.39 Å². The third-order valence-electron chi connectivity index (χ3n) is 5.82. The Labute approximate surface area is 164 Å². The number of para-hydroxylation sites is 1. The van der Waals surface area contributed by atoms with Crippen molar-refractivity contribution in [1.82, 2.24) is 0 Å². The molecule has 1 atom stereocenters. The van der Waals surface area contributed by atoms with Gasteiger partial charge in [0.1, 0.15) is 17.3 Å². The minimum atomic E-state index is -0.182. The number of ether oxygens (including phenoxy) is 2. The van der Waals surface area contributed by atoms with Crippen molar-refractivity contribution in [2.75, 3.05) is 13.2 Å². The van der Waals surface area contributed by atoms with Gasteiger partial charge < -0.3 is 9.47 Å². The van der Waals surface area contributed by atoms with E-state index in [0.717, 1.165) is 56.0 Å². The Morgan fingerprint density at radius 2 is 1.82 bits per heavy atom. The molecule has 142 valence electrons. The molecule has 0 saturated carbocycles. The molecular formula is C25H23FO2. The molecule has 0 radical (unpaired) electrons. The van der Waals surface area contributed by atoms with Crippen LogP contribution in [0.5, 0.6) is 11.5 Å². The van der Waals surface area contributed by atoms with Gasteiger partial charge in [0.05, 0.1) is 13.2 Å². The molecule has 0 saturated heterocycles. The largest absolute Gasteiger partial charge is 0.493 e. The van der Waals surface area contributed by atoms with Crippen LogP contribution >= 0.6 is 0 Å². The summed E-state index contributed by atoms with van der Waals surface area (Å²) in [6.45, 7) is 1.48. The lowest BCUT2D eigenvalue weighted by molar-refractivity contribution is 0.264. The van der Waals surface area contributed by atoms with Gasteiger partial charge in [0.15, 0.2) is 0 Å². The molecule has 2 aliphatic rings. The van der Waals surface area contributed by atoms with Gasteiger partial charge in [0.25, 0.3) is 0 Å². The third kappa shape index (κ3) is 3.15. The normalized spacial score (nSPS) is 17.8. The number of hydrogen-bond donors (Lipinski definition) is 0. The average Bonchev–Trinajstić information content (AvgIpc) is 2.74. The predicted molar refractivity (Wildman–Crippen MR) is 108 cm³/mol. The van der Waals surface area contributed by atoms with E-state index in [-0.39, 0.29) is 5.82 Å². The van der Waals surface area contributed by atoms with E-state index in [2.05, 4.69) is 24.3 Å². The molecule has 1 unspecified atom stereocenters. The maximum atomic E-state index is 13.6. The molecule has 3 heteroatoms. The summed E-state index contributed by atoms with van der Waals surface area (Å²) in [5.41, 5.74) is 6.02. The van der Waals surface area contributed by atoms with Crippen molar-refractivity contribution in [3.63, 3.8) is 0 Å². The first-order valence-corrected chi connectivity index (χ1v) is 10.0. The van der Waals surface area contributed by atoms with E-state index in [9.17, 15) is 4.39 Å². The van der Waals surface area contributed by atoms with Gasteiger partial charge in [-0.2, -0.15) is 0 Å². The second-order valence-electron chi connectivity index (χ2n) is 7.61. The molecule has 5 rings (SSSR count). The molecule has 0 aromatic heterocycles. The highest BCUT2D eigenvalue weighted by Crippen LogP contribution is 2.44. The number of benzene rings is 3. The molecule has 0 fully saturated rings. The predicted octanol–water partition coefficient (Wildman–Crippen LogP) is 5.66. The first-order valence-electron chi connectivity index (χ1n) is 10.0. The van der Waals surface area contributed by atoms with Crippen LogP contribution in [0.15, 0.2) is 60.7 Å². The molecule has 0 spiro atoms. The van der Waals surface area contributed by atoms with Crippen LogP contribution in [-0.4, -0.2) is 13.2 Å². The fourth-order valence-electron chi connectivity index (χ4n) is 4.53. The van der Waals surface area contributed by atoms with E-state index in [4.69, 9.17) is 9.47 Å². The minimum absolute atomic E-state index is 0.182. The number of rotatable bonds is 3. The molecule has 2 nitrogen and oxygen atoms in total. The van der Waals surface area contributed by atoms with E-state index in [1.54, 1.807) is 12.1 Å². The number of hydrogen-bond acceptors (Lipinski definition) is 2. The highest BCUT2D eigenvalue weighted by Gasteiger charge is 2.28. The smallest absolute Gasteiger partial charge is 0.126 e. The van der Waals surface area contributed by atoms with Crippen LogP contribution in [0.2, 0.25) is 0 Å². The summed E-state index contributed by atoms with van der Waals surface area (Å²) in [6.07, 6.45) is 3.72. The van der Waals surface area contributed by atoms with Crippen LogP contribution < -0.4 is 9.47 Å². The third-order valence-corrected chi connectivity index (χ3v) is 5.82. The summed E-state index contributed by atoms with van der Waals surface area (Å²) in [7, 11) is 0. The first-order chi connectivity index (χ1) is 13.8. The van der Waals surface area contributed by atoms with Gasteiger partial charge in [-0.1, -0.05) is 42.5 Å². The van der Waals surface area contributed by atoms with Gasteiger partial charge in [-0.05, 0) is 60.6 Å². The maximum Gasteiger partial charge on any atom is 0.126 e. The zero-order valence-corrected chi connectivity index (χ0v) is 15.8. The van der Waals surface area contributed by atoms with Crippen molar-refractivity contribution < 1.29 is 13.9 Å². The summed E-state index contributed by atoms with van der Waals surface area (Å²) in [6, 6.07) is 19.6. The molecular weight excluding hydrogens is 351 g/mol. The Hall–Kier alpha value is -2.81. The Balaban J connectivity index is 1.56. The summed E-state index contributed by atoms with van der Waals surface area (Å²) < 4.78 is 25.7. The van der Waals surface area contributed by atoms with Crippen molar-refractivity contribution in [1.29, 1.82) is 0 Å². The SMILES string of the molecule is Fc1cccc(Cc2ccc(C3CCOc4ccccc43)c3c2CCCO3)c1. The molecule has 0 amide bonds. The lowest BCUT2D eigenvalue weighted by Crippen LogP contribution is -2.19. The molecule has 2 heterocycles. The van der Waals surface area contributed by atoms with E-state index in [0.29, 0.717) is 5.92 Å². The quantitative estimate of drug-likeness (QED) is 0.589. The number of fused-ring (bicyclic) bond motifs is 2. The monoisotopic (exact) mass is 374 g/mol.